The van der Waals surface area contributed by atoms with E-state index < -0.39 is 6.04 Å². The third kappa shape index (κ3) is 3.09. The lowest BCUT2D eigenvalue weighted by Gasteiger charge is -2.16. The third-order valence-corrected chi connectivity index (χ3v) is 2.72. The van der Waals surface area contributed by atoms with E-state index in [0.717, 1.165) is 17.8 Å². The molecular formula is C13H16N4O2. The number of methoxy groups -OCH3 is 1. The van der Waals surface area contributed by atoms with Gasteiger partial charge in [-0.3, -0.25) is 9.67 Å². The molecule has 0 bridgehead atoms. The number of rotatable bonds is 5. The van der Waals surface area contributed by atoms with Gasteiger partial charge in [0.15, 0.2) is 6.04 Å². The molecule has 0 spiro atoms. The molecule has 2 heterocycles. The van der Waals surface area contributed by atoms with E-state index in [2.05, 4.69) is 15.4 Å². The summed E-state index contributed by atoms with van der Waals surface area (Å²) in [7, 11) is 1.36. The zero-order valence-electron chi connectivity index (χ0n) is 10.9. The van der Waals surface area contributed by atoms with Crippen LogP contribution in [0.25, 0.3) is 0 Å². The zero-order chi connectivity index (χ0) is 13.7. The number of aromatic nitrogens is 3. The molecule has 6 nitrogen and oxygen atoms in total. The summed E-state index contributed by atoms with van der Waals surface area (Å²) in [6, 6.07) is 3.02. The van der Waals surface area contributed by atoms with E-state index >= 15 is 0 Å². The molecule has 1 unspecified atom stereocenters. The molecule has 0 aromatic carbocycles. The standard InChI is InChI=1S/C13H16N4O2/c1-3-17-9-11(8-15-17)16-12(13(18)19-2)10-5-4-6-14-7-10/h4-9,12,16H,3H2,1-2H3. The first kappa shape index (κ1) is 13.1. The number of anilines is 1. The second-order valence-corrected chi connectivity index (χ2v) is 3.97. The molecule has 0 amide bonds. The van der Waals surface area contributed by atoms with Gasteiger partial charge in [-0.25, -0.2) is 4.79 Å². The van der Waals surface area contributed by atoms with Crippen molar-refractivity contribution >= 4 is 11.7 Å². The Labute approximate surface area is 111 Å². The second kappa shape index (κ2) is 5.99. The highest BCUT2D eigenvalue weighted by atomic mass is 16.5. The quantitative estimate of drug-likeness (QED) is 0.827. The molecule has 0 fully saturated rings. The molecule has 100 valence electrons. The van der Waals surface area contributed by atoms with Crippen molar-refractivity contribution in [3.63, 3.8) is 0 Å². The third-order valence-electron chi connectivity index (χ3n) is 2.72. The summed E-state index contributed by atoms with van der Waals surface area (Å²) in [5, 5.41) is 7.26. The predicted molar refractivity (Wildman–Crippen MR) is 70.5 cm³/mol. The van der Waals surface area contributed by atoms with Crippen molar-refractivity contribution < 1.29 is 9.53 Å². The number of carbonyl (C=O) groups is 1. The van der Waals surface area contributed by atoms with E-state index in [1.165, 1.54) is 7.11 Å². The van der Waals surface area contributed by atoms with Crippen LogP contribution in [0.3, 0.4) is 0 Å². The van der Waals surface area contributed by atoms with Crippen LogP contribution in [0.5, 0.6) is 0 Å². The lowest BCUT2D eigenvalue weighted by molar-refractivity contribution is -0.141. The monoisotopic (exact) mass is 260 g/mol. The van der Waals surface area contributed by atoms with E-state index in [0.29, 0.717) is 0 Å². The fraction of sp³-hybridized carbons (Fsp3) is 0.308. The average molecular weight is 260 g/mol. The van der Waals surface area contributed by atoms with E-state index in [9.17, 15) is 4.79 Å². The summed E-state index contributed by atoms with van der Waals surface area (Å²) >= 11 is 0. The summed E-state index contributed by atoms with van der Waals surface area (Å²) in [4.78, 5) is 15.9. The fourth-order valence-corrected chi connectivity index (χ4v) is 1.72. The van der Waals surface area contributed by atoms with Gasteiger partial charge in [0.25, 0.3) is 0 Å². The summed E-state index contributed by atoms with van der Waals surface area (Å²) in [5.41, 5.74) is 1.51. The molecule has 1 N–H and O–H groups in total. The van der Waals surface area contributed by atoms with E-state index in [1.54, 1.807) is 29.3 Å². The Balaban J connectivity index is 2.21. The fourth-order valence-electron chi connectivity index (χ4n) is 1.72. The number of ether oxygens (including phenoxy) is 1. The number of nitrogens with zero attached hydrogens (tertiary/aromatic N) is 3. The summed E-state index contributed by atoms with van der Waals surface area (Å²) in [6.07, 6.45) is 6.81. The van der Waals surface area contributed by atoms with E-state index in [1.807, 2.05) is 19.2 Å². The van der Waals surface area contributed by atoms with Crippen molar-refractivity contribution in [3.05, 3.63) is 42.5 Å². The maximum atomic E-state index is 11.9. The topological polar surface area (TPSA) is 69.0 Å². The van der Waals surface area contributed by atoms with Crippen LogP contribution in [0, 0.1) is 0 Å². The SMILES string of the molecule is CCn1cc(NC(C(=O)OC)c2cccnc2)cn1. The molecule has 19 heavy (non-hydrogen) atoms. The first-order valence-electron chi connectivity index (χ1n) is 6.01. The first-order valence-corrected chi connectivity index (χ1v) is 6.01. The van der Waals surface area contributed by atoms with Crippen LogP contribution in [0.15, 0.2) is 36.9 Å². The number of hydrogen-bond acceptors (Lipinski definition) is 5. The molecule has 1 atom stereocenters. The zero-order valence-corrected chi connectivity index (χ0v) is 10.9. The van der Waals surface area contributed by atoms with Crippen molar-refractivity contribution in [1.29, 1.82) is 0 Å². The van der Waals surface area contributed by atoms with Crippen LogP contribution in [-0.2, 0) is 16.1 Å². The maximum Gasteiger partial charge on any atom is 0.333 e. The Bertz CT molecular complexity index is 539. The molecule has 0 saturated heterocycles. The molecule has 2 aromatic rings. The molecule has 6 heteroatoms. The normalized spacial score (nSPS) is 11.9. The van der Waals surface area contributed by atoms with Crippen LogP contribution in [0.2, 0.25) is 0 Å². The Kier molecular flexibility index (Phi) is 4.12. The summed E-state index contributed by atoms with van der Waals surface area (Å²) in [6.45, 7) is 2.77. The minimum absolute atomic E-state index is 0.364. The summed E-state index contributed by atoms with van der Waals surface area (Å²) < 4.78 is 6.59. The highest BCUT2D eigenvalue weighted by molar-refractivity contribution is 5.80. The Hall–Kier alpha value is -2.37. The van der Waals surface area contributed by atoms with Crippen LogP contribution in [0.4, 0.5) is 5.69 Å². The van der Waals surface area contributed by atoms with E-state index in [-0.39, 0.29) is 5.97 Å². The minimum Gasteiger partial charge on any atom is -0.467 e. The van der Waals surface area contributed by atoms with Gasteiger partial charge < -0.3 is 10.1 Å². The molecule has 0 radical (unpaired) electrons. The van der Waals surface area contributed by atoms with Crippen molar-refractivity contribution in [1.82, 2.24) is 14.8 Å². The lowest BCUT2D eigenvalue weighted by atomic mass is 10.1. The Morgan fingerprint density at radius 2 is 2.37 bits per heavy atom. The number of esters is 1. The molecule has 0 aliphatic heterocycles. The van der Waals surface area contributed by atoms with Crippen molar-refractivity contribution in [2.45, 2.75) is 19.5 Å². The van der Waals surface area contributed by atoms with E-state index in [4.69, 9.17) is 4.74 Å². The lowest BCUT2D eigenvalue weighted by Crippen LogP contribution is -2.22. The molecule has 2 aromatic heterocycles. The van der Waals surface area contributed by atoms with Gasteiger partial charge in [-0.15, -0.1) is 0 Å². The first-order chi connectivity index (χ1) is 9.24. The van der Waals surface area contributed by atoms with Crippen molar-refractivity contribution in [3.8, 4) is 0 Å². The van der Waals surface area contributed by atoms with Gasteiger partial charge >= 0.3 is 5.97 Å². The predicted octanol–water partition coefficient (Wildman–Crippen LogP) is 1.62. The average Bonchev–Trinajstić information content (AvgIpc) is 2.92. The smallest absolute Gasteiger partial charge is 0.333 e. The van der Waals surface area contributed by atoms with Gasteiger partial charge in [0.2, 0.25) is 0 Å². The van der Waals surface area contributed by atoms with Gasteiger partial charge in [-0.2, -0.15) is 5.10 Å². The van der Waals surface area contributed by atoms with Gasteiger partial charge in [-0.05, 0) is 13.0 Å². The van der Waals surface area contributed by atoms with Gasteiger partial charge in [0, 0.05) is 30.7 Å². The number of carbonyl (C=O) groups excluding carboxylic acids is 1. The number of nitrogens with one attached hydrogen (secondary N) is 1. The summed E-state index contributed by atoms with van der Waals surface area (Å²) in [5.74, 6) is -0.364. The van der Waals surface area contributed by atoms with Gasteiger partial charge in [-0.1, -0.05) is 6.07 Å². The number of aryl methyl sites for hydroxylation is 1. The number of hydrogen-bond donors (Lipinski definition) is 1. The maximum absolute atomic E-state index is 11.9. The second-order valence-electron chi connectivity index (χ2n) is 3.97. The highest BCUT2D eigenvalue weighted by Gasteiger charge is 2.21. The van der Waals surface area contributed by atoms with Crippen molar-refractivity contribution in [2.24, 2.45) is 0 Å². The largest absolute Gasteiger partial charge is 0.467 e. The van der Waals surface area contributed by atoms with Crippen LogP contribution >= 0.6 is 0 Å². The number of pyridine rings is 1. The van der Waals surface area contributed by atoms with Crippen molar-refractivity contribution in [2.75, 3.05) is 12.4 Å². The molecule has 0 aliphatic carbocycles. The van der Waals surface area contributed by atoms with Crippen LogP contribution < -0.4 is 5.32 Å². The van der Waals surface area contributed by atoms with Crippen LogP contribution in [-0.4, -0.2) is 27.8 Å². The molecule has 2 rings (SSSR count). The van der Waals surface area contributed by atoms with Gasteiger partial charge in [0.1, 0.15) is 0 Å². The Morgan fingerprint density at radius 3 is 2.95 bits per heavy atom. The Morgan fingerprint density at radius 1 is 1.53 bits per heavy atom. The van der Waals surface area contributed by atoms with Crippen LogP contribution in [0.1, 0.15) is 18.5 Å². The highest BCUT2D eigenvalue weighted by Crippen LogP contribution is 2.19. The molecular weight excluding hydrogens is 244 g/mol. The van der Waals surface area contributed by atoms with Gasteiger partial charge in [0.05, 0.1) is 19.0 Å². The molecule has 0 saturated carbocycles. The minimum atomic E-state index is -0.590. The molecule has 0 aliphatic rings.